The number of carbonyl (C=O) groups excluding carboxylic acids is 2. The van der Waals surface area contributed by atoms with Gasteiger partial charge in [0.05, 0.1) is 6.42 Å². The van der Waals surface area contributed by atoms with E-state index in [0.29, 0.717) is 13.1 Å². The summed E-state index contributed by atoms with van der Waals surface area (Å²) in [5.74, 6) is -0.490. The minimum Gasteiger partial charge on any atom is -0.347 e. The molecule has 0 bridgehead atoms. The van der Waals surface area contributed by atoms with Crippen molar-refractivity contribution < 1.29 is 14.0 Å². The van der Waals surface area contributed by atoms with Crippen LogP contribution in [0.15, 0.2) is 24.3 Å². The molecule has 2 rings (SSSR count). The van der Waals surface area contributed by atoms with E-state index in [-0.39, 0.29) is 24.1 Å². The van der Waals surface area contributed by atoms with Crippen molar-refractivity contribution in [1.29, 1.82) is 0 Å². The summed E-state index contributed by atoms with van der Waals surface area (Å²) >= 11 is 0. The largest absolute Gasteiger partial charge is 0.347 e. The second-order valence-electron chi connectivity index (χ2n) is 5.90. The minimum absolute atomic E-state index is 0.0704. The van der Waals surface area contributed by atoms with Gasteiger partial charge in [0, 0.05) is 33.7 Å². The lowest BCUT2D eigenvalue weighted by molar-refractivity contribution is -0.147. The summed E-state index contributed by atoms with van der Waals surface area (Å²) in [6, 6.07) is 5.43. The lowest BCUT2D eigenvalue weighted by atomic mass is 10.1. The molecule has 120 valence electrons. The average molecular weight is 307 g/mol. The van der Waals surface area contributed by atoms with Crippen LogP contribution in [0, 0.1) is 5.82 Å². The first-order chi connectivity index (χ1) is 10.4. The van der Waals surface area contributed by atoms with Crippen molar-refractivity contribution in [3.8, 4) is 0 Å². The molecule has 0 aliphatic carbocycles. The zero-order valence-corrected chi connectivity index (χ0v) is 13.3. The van der Waals surface area contributed by atoms with Gasteiger partial charge in [-0.2, -0.15) is 0 Å². The van der Waals surface area contributed by atoms with Gasteiger partial charge in [0.15, 0.2) is 0 Å². The zero-order valence-electron chi connectivity index (χ0n) is 13.3. The number of halogens is 1. The van der Waals surface area contributed by atoms with E-state index in [9.17, 15) is 14.0 Å². The molecule has 1 aliphatic rings. The molecule has 0 aromatic heterocycles. The Morgan fingerprint density at radius 3 is 2.45 bits per heavy atom. The summed E-state index contributed by atoms with van der Waals surface area (Å²) in [6.07, 6.45) is 0.182. The molecule has 0 radical (unpaired) electrons. The van der Waals surface area contributed by atoms with Crippen LogP contribution < -0.4 is 0 Å². The van der Waals surface area contributed by atoms with E-state index in [1.807, 2.05) is 11.9 Å². The Balaban J connectivity index is 2.11. The van der Waals surface area contributed by atoms with E-state index in [1.54, 1.807) is 31.1 Å². The highest BCUT2D eigenvalue weighted by Gasteiger charge is 2.34. The normalized spacial score (nSPS) is 19.1. The highest BCUT2D eigenvalue weighted by molar-refractivity contribution is 5.88. The molecule has 1 aromatic carbocycles. The van der Waals surface area contributed by atoms with Gasteiger partial charge in [-0.1, -0.05) is 12.1 Å². The number of likely N-dealkylation sites (N-methyl/N-ethyl adjacent to an activating group) is 2. The molecule has 1 aliphatic heterocycles. The van der Waals surface area contributed by atoms with E-state index in [1.165, 1.54) is 17.0 Å². The van der Waals surface area contributed by atoms with Crippen LogP contribution in [0.2, 0.25) is 0 Å². The van der Waals surface area contributed by atoms with Crippen LogP contribution in [0.1, 0.15) is 5.56 Å². The van der Waals surface area contributed by atoms with Gasteiger partial charge < -0.3 is 14.7 Å². The third kappa shape index (κ3) is 3.82. The van der Waals surface area contributed by atoms with Crippen molar-refractivity contribution in [2.75, 3.05) is 40.8 Å². The Morgan fingerprint density at radius 1 is 1.23 bits per heavy atom. The molecule has 1 atom stereocenters. The minimum atomic E-state index is -0.457. The smallest absolute Gasteiger partial charge is 0.246 e. The second-order valence-corrected chi connectivity index (χ2v) is 5.90. The molecule has 0 unspecified atom stereocenters. The fraction of sp³-hybridized carbons (Fsp3) is 0.500. The molecule has 1 fully saturated rings. The van der Waals surface area contributed by atoms with E-state index >= 15 is 0 Å². The van der Waals surface area contributed by atoms with Gasteiger partial charge in [0.25, 0.3) is 0 Å². The predicted molar refractivity (Wildman–Crippen MR) is 81.8 cm³/mol. The van der Waals surface area contributed by atoms with Gasteiger partial charge in [0.1, 0.15) is 11.9 Å². The predicted octanol–water partition coefficient (Wildman–Crippen LogP) is 0.599. The monoisotopic (exact) mass is 307 g/mol. The number of rotatable bonds is 3. The first-order valence-corrected chi connectivity index (χ1v) is 7.32. The van der Waals surface area contributed by atoms with Crippen molar-refractivity contribution in [3.63, 3.8) is 0 Å². The lowest BCUT2D eigenvalue weighted by Gasteiger charge is -2.40. The Morgan fingerprint density at radius 2 is 1.86 bits per heavy atom. The van der Waals surface area contributed by atoms with Crippen LogP contribution in [0.25, 0.3) is 0 Å². The zero-order chi connectivity index (χ0) is 16.3. The quantitative estimate of drug-likeness (QED) is 0.821. The molecule has 0 spiro atoms. The molecule has 2 amide bonds. The maximum Gasteiger partial charge on any atom is 0.246 e. The van der Waals surface area contributed by atoms with Crippen LogP contribution in [0.3, 0.4) is 0 Å². The average Bonchev–Trinajstić information content (AvgIpc) is 2.48. The topological polar surface area (TPSA) is 43.9 Å². The van der Waals surface area contributed by atoms with Gasteiger partial charge in [-0.3, -0.25) is 9.59 Å². The summed E-state index contributed by atoms with van der Waals surface area (Å²) < 4.78 is 12.9. The summed E-state index contributed by atoms with van der Waals surface area (Å²) in [7, 11) is 5.33. The van der Waals surface area contributed by atoms with Crippen molar-refractivity contribution >= 4 is 11.8 Å². The molecule has 1 saturated heterocycles. The molecule has 6 heteroatoms. The van der Waals surface area contributed by atoms with Crippen molar-refractivity contribution in [2.24, 2.45) is 0 Å². The standard InChI is InChI=1S/C16H22FN3O2/c1-18(2)16(22)14-11-19(3)8-9-20(14)15(21)10-12-4-6-13(17)7-5-12/h4-7,14H,8-11H2,1-3H3/t14-/m0/s1. The van der Waals surface area contributed by atoms with Gasteiger partial charge in [-0.25, -0.2) is 4.39 Å². The van der Waals surface area contributed by atoms with E-state index < -0.39 is 6.04 Å². The molecule has 5 nitrogen and oxygen atoms in total. The number of hydrogen-bond acceptors (Lipinski definition) is 3. The Bertz CT molecular complexity index is 545. The van der Waals surface area contributed by atoms with Crippen molar-refractivity contribution in [3.05, 3.63) is 35.6 Å². The molecule has 1 heterocycles. The SMILES string of the molecule is CN1CCN(C(=O)Cc2ccc(F)cc2)[C@H](C(=O)N(C)C)C1. The highest BCUT2D eigenvalue weighted by atomic mass is 19.1. The van der Waals surface area contributed by atoms with Crippen molar-refractivity contribution in [1.82, 2.24) is 14.7 Å². The first-order valence-electron chi connectivity index (χ1n) is 7.32. The van der Waals surface area contributed by atoms with E-state index in [2.05, 4.69) is 0 Å². The maximum absolute atomic E-state index is 12.9. The van der Waals surface area contributed by atoms with Gasteiger partial charge >= 0.3 is 0 Å². The van der Waals surface area contributed by atoms with Crippen LogP contribution >= 0.6 is 0 Å². The summed E-state index contributed by atoms with van der Waals surface area (Å²) in [5.41, 5.74) is 0.751. The van der Waals surface area contributed by atoms with E-state index in [4.69, 9.17) is 0 Å². The highest BCUT2D eigenvalue weighted by Crippen LogP contribution is 2.14. The third-order valence-corrected chi connectivity index (χ3v) is 3.90. The number of hydrogen-bond donors (Lipinski definition) is 0. The van der Waals surface area contributed by atoms with E-state index in [0.717, 1.165) is 12.1 Å². The van der Waals surface area contributed by atoms with Gasteiger partial charge in [0.2, 0.25) is 11.8 Å². The fourth-order valence-electron chi connectivity index (χ4n) is 2.61. The lowest BCUT2D eigenvalue weighted by Crippen LogP contribution is -2.59. The molecular formula is C16H22FN3O2. The number of benzene rings is 1. The fourth-order valence-corrected chi connectivity index (χ4v) is 2.61. The summed E-state index contributed by atoms with van der Waals surface area (Å²) in [4.78, 5) is 30.1. The van der Waals surface area contributed by atoms with Gasteiger partial charge in [-0.05, 0) is 24.7 Å². The Hall–Kier alpha value is -1.95. The number of nitrogens with zero attached hydrogens (tertiary/aromatic N) is 3. The van der Waals surface area contributed by atoms with Crippen molar-refractivity contribution in [2.45, 2.75) is 12.5 Å². The Labute approximate surface area is 130 Å². The third-order valence-electron chi connectivity index (χ3n) is 3.90. The van der Waals surface area contributed by atoms with Gasteiger partial charge in [-0.15, -0.1) is 0 Å². The van der Waals surface area contributed by atoms with Crippen LogP contribution in [0.4, 0.5) is 4.39 Å². The summed E-state index contributed by atoms with van der Waals surface area (Å²) in [6.45, 7) is 1.80. The van der Waals surface area contributed by atoms with Crippen LogP contribution in [-0.4, -0.2) is 73.3 Å². The molecular weight excluding hydrogens is 285 g/mol. The van der Waals surface area contributed by atoms with Crippen LogP contribution in [0.5, 0.6) is 0 Å². The second kappa shape index (κ2) is 6.87. The molecule has 0 N–H and O–H groups in total. The number of carbonyl (C=O) groups is 2. The molecule has 1 aromatic rings. The molecule has 0 saturated carbocycles. The molecule has 22 heavy (non-hydrogen) atoms. The number of amides is 2. The van der Waals surface area contributed by atoms with Crippen LogP contribution in [-0.2, 0) is 16.0 Å². The Kier molecular flexibility index (Phi) is 5.13. The first kappa shape index (κ1) is 16.4. The maximum atomic E-state index is 12.9. The number of piperazine rings is 1. The summed E-state index contributed by atoms with van der Waals surface area (Å²) in [5, 5.41) is 0.